The van der Waals surface area contributed by atoms with Gasteiger partial charge in [-0.1, -0.05) is 32.0 Å². The van der Waals surface area contributed by atoms with Gasteiger partial charge in [0.05, 0.1) is 0 Å². The number of thiophene rings is 1. The van der Waals surface area contributed by atoms with Crippen LogP contribution in [0.25, 0.3) is 0 Å². The minimum Gasteiger partial charge on any atom is -0.409 e. The summed E-state index contributed by atoms with van der Waals surface area (Å²) in [5, 5.41) is 17.0. The molecule has 0 radical (unpaired) electrons. The largest absolute Gasteiger partial charge is 0.409 e. The second-order valence-electron chi connectivity index (χ2n) is 6.62. The number of oxime groups is 1. The molecule has 4 N–H and O–H groups in total. The summed E-state index contributed by atoms with van der Waals surface area (Å²) in [6, 6.07) is 4.08. The van der Waals surface area contributed by atoms with Crippen molar-refractivity contribution in [1.82, 2.24) is 5.32 Å². The normalized spacial score (nSPS) is 26.2. The number of amidine groups is 1. The van der Waals surface area contributed by atoms with Gasteiger partial charge in [-0.2, -0.15) is 0 Å². The summed E-state index contributed by atoms with van der Waals surface area (Å²) >= 11 is 1.68. The monoisotopic (exact) mass is 309 g/mol. The Balaban J connectivity index is 2.04. The summed E-state index contributed by atoms with van der Waals surface area (Å²) < 4.78 is 0. The molecule has 0 saturated heterocycles. The Morgan fingerprint density at radius 1 is 1.62 bits per heavy atom. The van der Waals surface area contributed by atoms with Gasteiger partial charge in [0.15, 0.2) is 5.84 Å². The van der Waals surface area contributed by atoms with Crippen LogP contribution in [0, 0.1) is 11.3 Å². The van der Waals surface area contributed by atoms with E-state index in [1.54, 1.807) is 11.3 Å². The summed E-state index contributed by atoms with van der Waals surface area (Å²) in [5.41, 5.74) is 4.78. The molecule has 0 aromatic carbocycles. The fourth-order valence-electron chi connectivity index (χ4n) is 2.96. The van der Waals surface area contributed by atoms with Crippen molar-refractivity contribution in [1.29, 1.82) is 0 Å². The molecule has 0 atom stereocenters. The first-order chi connectivity index (χ1) is 9.82. The van der Waals surface area contributed by atoms with Gasteiger partial charge in [-0.05, 0) is 30.2 Å². The van der Waals surface area contributed by atoms with Crippen LogP contribution in [-0.4, -0.2) is 23.5 Å². The van der Waals surface area contributed by atoms with Gasteiger partial charge in [0.1, 0.15) is 5.41 Å². The molecule has 2 rings (SSSR count). The summed E-state index contributed by atoms with van der Waals surface area (Å²) in [4.78, 5) is 13.8. The average Bonchev–Trinajstić information content (AvgIpc) is 2.95. The molecule has 0 aliphatic heterocycles. The van der Waals surface area contributed by atoms with E-state index in [1.165, 1.54) is 4.88 Å². The highest BCUT2D eigenvalue weighted by Gasteiger charge is 2.52. The quantitative estimate of drug-likeness (QED) is 0.337. The lowest BCUT2D eigenvalue weighted by atomic mass is 9.61. The molecule has 1 aliphatic carbocycles. The number of hydrogen-bond acceptors (Lipinski definition) is 4. The van der Waals surface area contributed by atoms with Crippen molar-refractivity contribution in [3.8, 4) is 0 Å². The number of carbonyl (C=O) groups excluding carboxylic acids is 1. The van der Waals surface area contributed by atoms with Crippen LogP contribution in [0.15, 0.2) is 22.7 Å². The van der Waals surface area contributed by atoms with Crippen LogP contribution in [-0.2, 0) is 10.2 Å². The molecule has 1 aliphatic rings. The summed E-state index contributed by atoms with van der Waals surface area (Å²) in [7, 11) is 0. The molecule has 1 saturated carbocycles. The van der Waals surface area contributed by atoms with E-state index in [0.717, 1.165) is 0 Å². The molecule has 1 amide bonds. The van der Waals surface area contributed by atoms with Crippen LogP contribution < -0.4 is 11.1 Å². The lowest BCUT2D eigenvalue weighted by Crippen LogP contribution is -2.57. The van der Waals surface area contributed by atoms with Crippen LogP contribution in [0.2, 0.25) is 0 Å². The number of carbonyl (C=O) groups is 1. The van der Waals surface area contributed by atoms with Gasteiger partial charge in [-0.3, -0.25) is 4.79 Å². The van der Waals surface area contributed by atoms with E-state index in [2.05, 4.69) is 37.3 Å². The summed E-state index contributed by atoms with van der Waals surface area (Å²) in [5.74, 6) is 0.300. The van der Waals surface area contributed by atoms with Crippen molar-refractivity contribution < 1.29 is 10.0 Å². The van der Waals surface area contributed by atoms with E-state index >= 15 is 0 Å². The smallest absolute Gasteiger partial charge is 0.234 e. The predicted octanol–water partition coefficient (Wildman–Crippen LogP) is 2.30. The van der Waals surface area contributed by atoms with Gasteiger partial charge in [0, 0.05) is 16.8 Å². The Morgan fingerprint density at radius 2 is 2.29 bits per heavy atom. The van der Waals surface area contributed by atoms with E-state index in [1.807, 2.05) is 11.4 Å². The lowest BCUT2D eigenvalue weighted by Gasteiger charge is -2.44. The number of nitrogens with one attached hydrogen (secondary N) is 1. The topological polar surface area (TPSA) is 87.7 Å². The molecule has 116 valence electrons. The second kappa shape index (κ2) is 5.67. The van der Waals surface area contributed by atoms with E-state index < -0.39 is 5.41 Å². The van der Waals surface area contributed by atoms with Crippen LogP contribution >= 0.6 is 11.3 Å². The Morgan fingerprint density at radius 3 is 2.76 bits per heavy atom. The Kier molecular flexibility index (Phi) is 4.27. The molecule has 6 heteroatoms. The van der Waals surface area contributed by atoms with Gasteiger partial charge < -0.3 is 16.3 Å². The lowest BCUT2D eigenvalue weighted by molar-refractivity contribution is -0.133. The standard InChI is InChI=1S/C15H23N3O2S/c1-10-7-15(8-10,12(16)18-20)13(19)17-9-14(2,3)11-5-4-6-21-11/h4-6,10,20H,7-9H2,1-3H3,(H2,16,18)(H,17,19). The van der Waals surface area contributed by atoms with E-state index in [4.69, 9.17) is 10.9 Å². The highest BCUT2D eigenvalue weighted by atomic mass is 32.1. The third-order valence-corrected chi connectivity index (χ3v) is 5.54. The average molecular weight is 309 g/mol. The van der Waals surface area contributed by atoms with Crippen molar-refractivity contribution in [2.45, 2.75) is 39.0 Å². The van der Waals surface area contributed by atoms with E-state index in [-0.39, 0.29) is 17.2 Å². The first-order valence-electron chi connectivity index (χ1n) is 7.12. The van der Waals surface area contributed by atoms with Crippen molar-refractivity contribution in [2.24, 2.45) is 22.2 Å². The third kappa shape index (κ3) is 2.90. The number of amides is 1. The predicted molar refractivity (Wildman–Crippen MR) is 84.6 cm³/mol. The molecule has 21 heavy (non-hydrogen) atoms. The molecule has 1 fully saturated rings. The molecule has 0 bridgehead atoms. The Labute approximate surface area is 129 Å². The summed E-state index contributed by atoms with van der Waals surface area (Å²) in [6.07, 6.45) is 1.27. The minimum absolute atomic E-state index is 0.0204. The van der Waals surface area contributed by atoms with Crippen LogP contribution in [0.4, 0.5) is 0 Å². The van der Waals surface area contributed by atoms with E-state index in [0.29, 0.717) is 25.3 Å². The first-order valence-corrected chi connectivity index (χ1v) is 8.00. The maximum absolute atomic E-state index is 12.5. The third-order valence-electron chi connectivity index (χ3n) is 4.31. The molecule has 1 aromatic heterocycles. The van der Waals surface area contributed by atoms with Crippen molar-refractivity contribution in [3.05, 3.63) is 22.4 Å². The van der Waals surface area contributed by atoms with Crippen LogP contribution in [0.3, 0.4) is 0 Å². The van der Waals surface area contributed by atoms with Crippen molar-refractivity contribution in [2.75, 3.05) is 6.54 Å². The molecule has 5 nitrogen and oxygen atoms in total. The van der Waals surface area contributed by atoms with Gasteiger partial charge in [-0.25, -0.2) is 0 Å². The van der Waals surface area contributed by atoms with Gasteiger partial charge in [0.2, 0.25) is 5.91 Å². The van der Waals surface area contributed by atoms with Crippen LogP contribution in [0.5, 0.6) is 0 Å². The maximum atomic E-state index is 12.5. The van der Waals surface area contributed by atoms with Crippen LogP contribution in [0.1, 0.15) is 38.5 Å². The molecule has 0 unspecified atom stereocenters. The molecular weight excluding hydrogens is 286 g/mol. The molecule has 0 spiro atoms. The second-order valence-corrected chi connectivity index (χ2v) is 7.57. The number of nitrogens with zero attached hydrogens (tertiary/aromatic N) is 1. The molecular formula is C15H23N3O2S. The first kappa shape index (κ1) is 15.8. The number of nitrogens with two attached hydrogens (primary N) is 1. The maximum Gasteiger partial charge on any atom is 0.234 e. The number of rotatable bonds is 5. The zero-order valence-corrected chi connectivity index (χ0v) is 13.5. The van der Waals surface area contributed by atoms with Crippen molar-refractivity contribution >= 4 is 23.1 Å². The number of hydrogen-bond donors (Lipinski definition) is 3. The molecule has 1 heterocycles. The van der Waals surface area contributed by atoms with Crippen molar-refractivity contribution in [3.63, 3.8) is 0 Å². The SMILES string of the molecule is CC1CC(C(=O)NCC(C)(C)c2cccs2)(/C(N)=N/O)C1. The Hall–Kier alpha value is -1.56. The van der Waals surface area contributed by atoms with Gasteiger partial charge in [0.25, 0.3) is 0 Å². The van der Waals surface area contributed by atoms with Gasteiger partial charge >= 0.3 is 0 Å². The minimum atomic E-state index is -0.834. The summed E-state index contributed by atoms with van der Waals surface area (Å²) in [6.45, 7) is 6.78. The highest BCUT2D eigenvalue weighted by molar-refractivity contribution is 7.10. The van der Waals surface area contributed by atoms with E-state index in [9.17, 15) is 4.79 Å². The fourth-order valence-corrected chi connectivity index (χ4v) is 3.81. The van der Waals surface area contributed by atoms with Gasteiger partial charge in [-0.15, -0.1) is 11.3 Å². The zero-order chi connectivity index (χ0) is 15.7. The zero-order valence-electron chi connectivity index (χ0n) is 12.7. The molecule has 1 aromatic rings. The fraction of sp³-hybridized carbons (Fsp3) is 0.600. The Bertz CT molecular complexity index is 531. The highest BCUT2D eigenvalue weighted by Crippen LogP contribution is 2.46.